The lowest BCUT2D eigenvalue weighted by Gasteiger charge is -2.10. The van der Waals surface area contributed by atoms with Gasteiger partial charge in [0.15, 0.2) is 0 Å². The van der Waals surface area contributed by atoms with Crippen LogP contribution in [0.15, 0.2) is 42.5 Å². The second-order valence-electron chi connectivity index (χ2n) is 5.44. The van der Waals surface area contributed by atoms with E-state index in [1.165, 1.54) is 29.2 Å². The summed E-state index contributed by atoms with van der Waals surface area (Å²) in [6, 6.07) is 15.1. The predicted molar refractivity (Wildman–Crippen MR) is 75.6 cm³/mol. The number of rotatable bonds is 5. The zero-order chi connectivity index (χ0) is 12.4. The van der Waals surface area contributed by atoms with Gasteiger partial charge in [-0.3, -0.25) is 0 Å². The highest BCUT2D eigenvalue weighted by atomic mass is 16.3. The molecule has 0 aliphatic heterocycles. The highest BCUT2D eigenvalue weighted by molar-refractivity contribution is 5.85. The Hall–Kier alpha value is -1.34. The summed E-state index contributed by atoms with van der Waals surface area (Å²) in [5, 5.41) is 12.6. The molecule has 18 heavy (non-hydrogen) atoms. The van der Waals surface area contributed by atoms with E-state index in [1.54, 1.807) is 0 Å². The Labute approximate surface area is 108 Å². The normalized spacial score (nSPS) is 16.9. The van der Waals surface area contributed by atoms with Gasteiger partial charge in [-0.15, -0.1) is 0 Å². The van der Waals surface area contributed by atoms with Gasteiger partial charge in [-0.2, -0.15) is 0 Å². The molecule has 1 atom stereocenters. The summed E-state index contributed by atoms with van der Waals surface area (Å²) in [5.41, 5.74) is 1.41. The van der Waals surface area contributed by atoms with Gasteiger partial charge >= 0.3 is 0 Å². The topological polar surface area (TPSA) is 20.2 Å². The SMILES string of the molecule is OC(CCCc1cccc2ccccc12)C1CC1. The van der Waals surface area contributed by atoms with E-state index < -0.39 is 0 Å². The average molecular weight is 240 g/mol. The predicted octanol–water partition coefficient (Wildman–Crippen LogP) is 3.93. The molecule has 0 radical (unpaired) electrons. The van der Waals surface area contributed by atoms with Crippen LogP contribution in [-0.2, 0) is 6.42 Å². The van der Waals surface area contributed by atoms with Gasteiger partial charge in [0.2, 0.25) is 0 Å². The highest BCUT2D eigenvalue weighted by Gasteiger charge is 2.28. The van der Waals surface area contributed by atoms with Gasteiger partial charge in [-0.25, -0.2) is 0 Å². The average Bonchev–Trinajstić information content (AvgIpc) is 3.23. The van der Waals surface area contributed by atoms with Crippen LogP contribution in [0.2, 0.25) is 0 Å². The lowest BCUT2D eigenvalue weighted by atomic mass is 9.98. The molecule has 0 spiro atoms. The second-order valence-corrected chi connectivity index (χ2v) is 5.44. The summed E-state index contributed by atoms with van der Waals surface area (Å²) >= 11 is 0. The monoisotopic (exact) mass is 240 g/mol. The summed E-state index contributed by atoms with van der Waals surface area (Å²) < 4.78 is 0. The first kappa shape index (κ1) is 11.7. The molecule has 1 fully saturated rings. The van der Waals surface area contributed by atoms with Crippen LogP contribution in [0, 0.1) is 5.92 Å². The zero-order valence-corrected chi connectivity index (χ0v) is 10.7. The molecule has 3 rings (SSSR count). The first-order valence-corrected chi connectivity index (χ1v) is 6.99. The van der Waals surface area contributed by atoms with Crippen molar-refractivity contribution in [2.75, 3.05) is 0 Å². The number of aryl methyl sites for hydroxylation is 1. The van der Waals surface area contributed by atoms with E-state index in [0.717, 1.165) is 19.3 Å². The molecule has 0 bridgehead atoms. The fraction of sp³-hybridized carbons (Fsp3) is 0.412. The van der Waals surface area contributed by atoms with Crippen molar-refractivity contribution in [2.45, 2.75) is 38.2 Å². The molecule has 2 aromatic rings. The minimum absolute atomic E-state index is 0.0556. The van der Waals surface area contributed by atoms with Crippen molar-refractivity contribution in [1.82, 2.24) is 0 Å². The van der Waals surface area contributed by atoms with Gasteiger partial charge in [0.25, 0.3) is 0 Å². The highest BCUT2D eigenvalue weighted by Crippen LogP contribution is 2.34. The van der Waals surface area contributed by atoms with E-state index in [2.05, 4.69) is 42.5 Å². The molecule has 0 heterocycles. The van der Waals surface area contributed by atoms with Crippen molar-refractivity contribution < 1.29 is 5.11 Å². The second kappa shape index (κ2) is 5.11. The lowest BCUT2D eigenvalue weighted by Crippen LogP contribution is -2.09. The smallest absolute Gasteiger partial charge is 0.0568 e. The first-order valence-electron chi connectivity index (χ1n) is 6.99. The molecule has 0 saturated heterocycles. The van der Waals surface area contributed by atoms with Crippen molar-refractivity contribution in [3.05, 3.63) is 48.0 Å². The van der Waals surface area contributed by atoms with E-state index >= 15 is 0 Å². The van der Waals surface area contributed by atoms with Gasteiger partial charge in [0, 0.05) is 0 Å². The zero-order valence-electron chi connectivity index (χ0n) is 10.7. The number of hydrogen-bond donors (Lipinski definition) is 1. The number of fused-ring (bicyclic) bond motifs is 1. The van der Waals surface area contributed by atoms with Crippen molar-refractivity contribution in [3.8, 4) is 0 Å². The summed E-state index contributed by atoms with van der Waals surface area (Å²) in [4.78, 5) is 0. The lowest BCUT2D eigenvalue weighted by molar-refractivity contribution is 0.139. The maximum atomic E-state index is 9.88. The molecular formula is C17H20O. The van der Waals surface area contributed by atoms with E-state index in [4.69, 9.17) is 0 Å². The maximum Gasteiger partial charge on any atom is 0.0568 e. The summed E-state index contributed by atoms with van der Waals surface area (Å²) in [6.07, 6.45) is 5.52. The van der Waals surface area contributed by atoms with Crippen molar-refractivity contribution in [1.29, 1.82) is 0 Å². The molecule has 2 aromatic carbocycles. The molecular weight excluding hydrogens is 220 g/mol. The van der Waals surface area contributed by atoms with Crippen LogP contribution in [0.25, 0.3) is 10.8 Å². The van der Waals surface area contributed by atoms with E-state index in [0.29, 0.717) is 5.92 Å². The fourth-order valence-corrected chi connectivity index (χ4v) is 2.73. The van der Waals surface area contributed by atoms with Gasteiger partial charge in [-0.05, 0) is 54.4 Å². The molecule has 1 nitrogen and oxygen atoms in total. The third kappa shape index (κ3) is 2.56. The van der Waals surface area contributed by atoms with Crippen LogP contribution in [0.1, 0.15) is 31.2 Å². The molecule has 1 aliphatic rings. The molecule has 0 aromatic heterocycles. The van der Waals surface area contributed by atoms with Crippen LogP contribution in [0.3, 0.4) is 0 Å². The first-order chi connectivity index (χ1) is 8.84. The minimum atomic E-state index is -0.0556. The third-order valence-corrected chi connectivity index (χ3v) is 3.99. The van der Waals surface area contributed by atoms with E-state index in [9.17, 15) is 5.11 Å². The Balaban J connectivity index is 1.66. The standard InChI is InChI=1S/C17H20O/c18-17(15-11-12-15)10-4-8-14-7-3-6-13-5-1-2-9-16(13)14/h1-3,5-7,9,15,17-18H,4,8,10-12H2. The van der Waals surface area contributed by atoms with Crippen LogP contribution >= 0.6 is 0 Å². The van der Waals surface area contributed by atoms with Gasteiger partial charge in [0.05, 0.1) is 6.10 Å². The molecule has 1 aliphatic carbocycles. The molecule has 1 N–H and O–H groups in total. The molecule has 1 heteroatoms. The third-order valence-electron chi connectivity index (χ3n) is 3.99. The van der Waals surface area contributed by atoms with Gasteiger partial charge in [-0.1, -0.05) is 42.5 Å². The Bertz CT molecular complexity index is 523. The van der Waals surface area contributed by atoms with Crippen molar-refractivity contribution >= 4 is 10.8 Å². The molecule has 94 valence electrons. The van der Waals surface area contributed by atoms with Crippen molar-refractivity contribution in [3.63, 3.8) is 0 Å². The number of aliphatic hydroxyl groups excluding tert-OH is 1. The largest absolute Gasteiger partial charge is 0.393 e. The van der Waals surface area contributed by atoms with E-state index in [1.807, 2.05) is 0 Å². The number of benzene rings is 2. The fourth-order valence-electron chi connectivity index (χ4n) is 2.73. The van der Waals surface area contributed by atoms with Crippen LogP contribution in [-0.4, -0.2) is 11.2 Å². The molecule has 1 unspecified atom stereocenters. The van der Waals surface area contributed by atoms with Gasteiger partial charge in [0.1, 0.15) is 0 Å². The minimum Gasteiger partial charge on any atom is -0.393 e. The van der Waals surface area contributed by atoms with Crippen LogP contribution < -0.4 is 0 Å². The Kier molecular flexibility index (Phi) is 3.33. The van der Waals surface area contributed by atoms with E-state index in [-0.39, 0.29) is 6.10 Å². The van der Waals surface area contributed by atoms with Crippen LogP contribution in [0.5, 0.6) is 0 Å². The Morgan fingerprint density at radius 1 is 1.06 bits per heavy atom. The summed E-state index contributed by atoms with van der Waals surface area (Å²) in [6.45, 7) is 0. The summed E-state index contributed by atoms with van der Waals surface area (Å²) in [5.74, 6) is 0.609. The molecule has 0 amide bonds. The molecule has 1 saturated carbocycles. The van der Waals surface area contributed by atoms with Crippen molar-refractivity contribution in [2.24, 2.45) is 5.92 Å². The summed E-state index contributed by atoms with van der Waals surface area (Å²) in [7, 11) is 0. The van der Waals surface area contributed by atoms with Crippen LogP contribution in [0.4, 0.5) is 0 Å². The Morgan fingerprint density at radius 3 is 2.67 bits per heavy atom. The quantitative estimate of drug-likeness (QED) is 0.839. The maximum absolute atomic E-state index is 9.88. The number of aliphatic hydroxyl groups is 1. The Morgan fingerprint density at radius 2 is 1.83 bits per heavy atom. The van der Waals surface area contributed by atoms with Gasteiger partial charge < -0.3 is 5.11 Å². The number of hydrogen-bond acceptors (Lipinski definition) is 1.